The molecule has 27 heavy (non-hydrogen) atoms. The molecule has 1 fully saturated rings. The molecule has 4 rings (SSSR count). The average Bonchev–Trinajstić information content (AvgIpc) is 2.86. The number of aliphatic carboxylic acids is 1. The number of carboxylic acids is 1. The Balaban J connectivity index is 1.66. The topological polar surface area (TPSA) is 49.3 Å². The van der Waals surface area contributed by atoms with Crippen LogP contribution >= 0.6 is 15.9 Å². The minimum atomic E-state index is -0.919. The normalized spacial score (nSPS) is 26.9. The van der Waals surface area contributed by atoms with E-state index in [4.69, 9.17) is 0 Å². The van der Waals surface area contributed by atoms with E-state index in [2.05, 4.69) is 59.4 Å². The van der Waals surface area contributed by atoms with E-state index in [0.717, 1.165) is 23.0 Å². The lowest BCUT2D eigenvalue weighted by Crippen LogP contribution is -2.52. The molecule has 2 aromatic carbocycles. The van der Waals surface area contributed by atoms with Gasteiger partial charge in [0.15, 0.2) is 0 Å². The number of rotatable bonds is 3. The van der Waals surface area contributed by atoms with E-state index < -0.39 is 11.5 Å². The lowest BCUT2D eigenvalue weighted by atomic mass is 9.62. The fourth-order valence-corrected chi connectivity index (χ4v) is 5.37. The zero-order valence-corrected chi connectivity index (χ0v) is 17.3. The third kappa shape index (κ3) is 2.82. The first-order valence-corrected chi connectivity index (χ1v) is 10.2. The molecule has 0 unspecified atom stereocenters. The Hall–Kier alpha value is -2.07. The predicted octanol–water partition coefficient (Wildman–Crippen LogP) is 6.00. The monoisotopic (exact) mass is 425 g/mol. The van der Waals surface area contributed by atoms with Gasteiger partial charge in [-0.3, -0.25) is 0 Å². The van der Waals surface area contributed by atoms with Gasteiger partial charge in [-0.15, -0.1) is 0 Å². The van der Waals surface area contributed by atoms with Crippen LogP contribution in [0.4, 0.5) is 5.69 Å². The third-order valence-electron chi connectivity index (χ3n) is 6.70. The quantitative estimate of drug-likeness (QED) is 0.633. The summed E-state index contributed by atoms with van der Waals surface area (Å²) in [5.41, 5.74) is 5.38. The molecule has 0 aromatic heterocycles. The predicted molar refractivity (Wildman–Crippen MR) is 113 cm³/mol. The van der Waals surface area contributed by atoms with Gasteiger partial charge in [0.2, 0.25) is 0 Å². The van der Waals surface area contributed by atoms with Crippen molar-refractivity contribution in [3.05, 3.63) is 69.7 Å². The molecule has 0 saturated heterocycles. The maximum Gasteiger partial charge on any atom is 0.329 e. The molecule has 0 aliphatic heterocycles. The molecule has 1 spiro atoms. The number of hydrogen-bond acceptors (Lipinski definition) is 2. The van der Waals surface area contributed by atoms with Crippen LogP contribution in [0.15, 0.2) is 58.6 Å². The summed E-state index contributed by atoms with van der Waals surface area (Å²) in [6.45, 7) is 4.42. The molecule has 2 N–H and O–H groups in total. The van der Waals surface area contributed by atoms with Gasteiger partial charge >= 0.3 is 5.97 Å². The van der Waals surface area contributed by atoms with Crippen LogP contribution in [0.5, 0.6) is 0 Å². The highest BCUT2D eigenvalue weighted by Gasteiger charge is 2.51. The summed E-state index contributed by atoms with van der Waals surface area (Å²) in [7, 11) is 0. The van der Waals surface area contributed by atoms with Crippen LogP contribution in [0, 0.1) is 0 Å². The molecule has 2 aromatic rings. The first-order valence-electron chi connectivity index (χ1n) is 9.43. The molecule has 4 heteroatoms. The van der Waals surface area contributed by atoms with Crippen molar-refractivity contribution in [3.63, 3.8) is 0 Å². The molecule has 2 aliphatic rings. The van der Waals surface area contributed by atoms with Gasteiger partial charge in [0.05, 0.1) is 0 Å². The van der Waals surface area contributed by atoms with Gasteiger partial charge in [-0.1, -0.05) is 51.8 Å². The number of nitrogens with one attached hydrogen (secondary N) is 1. The molecular formula is C23H24BrNO2. The SMILES string of the molecule is CC1=C(C)C2(CCC(Nc3cccc(Br)c3)(C(=O)O)CC2)c2ccccc21. The Bertz CT molecular complexity index is 939. The van der Waals surface area contributed by atoms with E-state index in [-0.39, 0.29) is 5.41 Å². The summed E-state index contributed by atoms with van der Waals surface area (Å²) in [6, 6.07) is 16.4. The maximum absolute atomic E-state index is 12.3. The van der Waals surface area contributed by atoms with Crippen molar-refractivity contribution in [2.24, 2.45) is 0 Å². The molecule has 0 radical (unpaired) electrons. The molecule has 0 bridgehead atoms. The Kier molecular flexibility index (Phi) is 4.42. The molecule has 0 amide bonds. The maximum atomic E-state index is 12.3. The number of halogens is 1. The Morgan fingerprint density at radius 3 is 2.41 bits per heavy atom. The Morgan fingerprint density at radius 1 is 1.04 bits per heavy atom. The lowest BCUT2D eigenvalue weighted by molar-refractivity contribution is -0.143. The summed E-state index contributed by atoms with van der Waals surface area (Å²) in [4.78, 5) is 12.3. The van der Waals surface area contributed by atoms with E-state index in [1.165, 1.54) is 22.3 Å². The standard InChI is InChI=1S/C23H24BrNO2/c1-15-16(2)22(20-9-4-3-8-19(15)20)10-12-23(13-11-22,21(26)27)25-18-7-5-6-17(24)14-18/h3-9,14,25H,10-13H2,1-2H3,(H,26,27). The van der Waals surface area contributed by atoms with Crippen LogP contribution in [0.25, 0.3) is 5.57 Å². The zero-order chi connectivity index (χ0) is 19.2. The van der Waals surface area contributed by atoms with Crippen LogP contribution < -0.4 is 5.32 Å². The van der Waals surface area contributed by atoms with E-state index >= 15 is 0 Å². The minimum absolute atomic E-state index is 0.0153. The zero-order valence-electron chi connectivity index (χ0n) is 15.7. The molecule has 0 atom stereocenters. The summed E-state index contributed by atoms with van der Waals surface area (Å²) in [5, 5.41) is 13.4. The fraction of sp³-hybridized carbons (Fsp3) is 0.348. The fourth-order valence-electron chi connectivity index (χ4n) is 4.97. The molecule has 0 heterocycles. The number of hydrogen-bond donors (Lipinski definition) is 2. The van der Waals surface area contributed by atoms with Gasteiger partial charge in [-0.2, -0.15) is 0 Å². The van der Waals surface area contributed by atoms with E-state index in [9.17, 15) is 9.90 Å². The van der Waals surface area contributed by atoms with E-state index in [0.29, 0.717) is 12.8 Å². The first-order chi connectivity index (χ1) is 12.9. The molecule has 3 nitrogen and oxygen atoms in total. The third-order valence-corrected chi connectivity index (χ3v) is 7.19. The summed E-state index contributed by atoms with van der Waals surface area (Å²) in [6.07, 6.45) is 2.91. The number of carboxylic acid groups (broad SMARTS) is 1. The van der Waals surface area contributed by atoms with E-state index in [1.54, 1.807) is 0 Å². The van der Waals surface area contributed by atoms with Crippen LogP contribution in [-0.4, -0.2) is 16.6 Å². The highest BCUT2D eigenvalue weighted by molar-refractivity contribution is 9.10. The molecule has 2 aliphatic carbocycles. The smallest absolute Gasteiger partial charge is 0.329 e. The van der Waals surface area contributed by atoms with Crippen LogP contribution in [0.1, 0.15) is 50.7 Å². The van der Waals surface area contributed by atoms with Crippen LogP contribution in [0.3, 0.4) is 0 Å². The Labute approximate surface area is 168 Å². The van der Waals surface area contributed by atoms with Crippen molar-refractivity contribution >= 4 is 33.2 Å². The van der Waals surface area contributed by atoms with E-state index in [1.807, 2.05) is 24.3 Å². The van der Waals surface area contributed by atoms with Crippen molar-refractivity contribution in [1.29, 1.82) is 0 Å². The van der Waals surface area contributed by atoms with Gasteiger partial charge in [0, 0.05) is 15.6 Å². The number of anilines is 1. The number of fused-ring (bicyclic) bond motifs is 2. The van der Waals surface area contributed by atoms with Crippen molar-refractivity contribution in [3.8, 4) is 0 Å². The largest absolute Gasteiger partial charge is 0.480 e. The van der Waals surface area contributed by atoms with Crippen LogP contribution in [0.2, 0.25) is 0 Å². The Morgan fingerprint density at radius 2 is 1.74 bits per heavy atom. The summed E-state index contributed by atoms with van der Waals surface area (Å²) >= 11 is 3.47. The van der Waals surface area contributed by atoms with Crippen molar-refractivity contribution < 1.29 is 9.90 Å². The minimum Gasteiger partial charge on any atom is -0.480 e. The van der Waals surface area contributed by atoms with Gasteiger partial charge in [-0.05, 0) is 74.4 Å². The summed E-state index contributed by atoms with van der Waals surface area (Å²) < 4.78 is 0.944. The summed E-state index contributed by atoms with van der Waals surface area (Å²) in [5.74, 6) is -0.762. The second-order valence-corrected chi connectivity index (χ2v) is 8.82. The van der Waals surface area contributed by atoms with Gasteiger partial charge in [0.1, 0.15) is 5.54 Å². The molecule has 140 valence electrons. The van der Waals surface area contributed by atoms with Crippen molar-refractivity contribution in [2.75, 3.05) is 5.32 Å². The number of benzene rings is 2. The number of allylic oxidation sites excluding steroid dienone is 2. The average molecular weight is 426 g/mol. The second-order valence-electron chi connectivity index (χ2n) is 7.90. The van der Waals surface area contributed by atoms with Gasteiger partial charge in [0.25, 0.3) is 0 Å². The van der Waals surface area contributed by atoms with Crippen molar-refractivity contribution in [1.82, 2.24) is 0 Å². The highest BCUT2D eigenvalue weighted by Crippen LogP contribution is 2.55. The molecular weight excluding hydrogens is 402 g/mol. The van der Waals surface area contributed by atoms with Gasteiger partial charge < -0.3 is 10.4 Å². The van der Waals surface area contributed by atoms with Gasteiger partial charge in [-0.25, -0.2) is 4.79 Å². The van der Waals surface area contributed by atoms with Crippen molar-refractivity contribution in [2.45, 2.75) is 50.5 Å². The lowest BCUT2D eigenvalue weighted by Gasteiger charge is -2.45. The number of carbonyl (C=O) groups is 1. The van der Waals surface area contributed by atoms with Crippen LogP contribution in [-0.2, 0) is 10.2 Å². The first kappa shape index (κ1) is 18.3. The highest BCUT2D eigenvalue weighted by atomic mass is 79.9. The second kappa shape index (κ2) is 6.52. The molecule has 1 saturated carbocycles.